The molecular formula is C19H40N2. The van der Waals surface area contributed by atoms with E-state index in [1.807, 2.05) is 0 Å². The first kappa shape index (κ1) is 19.0. The van der Waals surface area contributed by atoms with Crippen LogP contribution in [0.3, 0.4) is 0 Å². The summed E-state index contributed by atoms with van der Waals surface area (Å²) in [6.45, 7) is 17.8. The van der Waals surface area contributed by atoms with E-state index in [4.69, 9.17) is 0 Å². The van der Waals surface area contributed by atoms with Crippen molar-refractivity contribution >= 4 is 0 Å². The zero-order valence-corrected chi connectivity index (χ0v) is 15.5. The molecule has 0 bridgehead atoms. The smallest absolute Gasteiger partial charge is 0.0108 e. The predicted octanol–water partition coefficient (Wildman–Crippen LogP) is 4.55. The highest BCUT2D eigenvalue weighted by Crippen LogP contribution is 2.34. The van der Waals surface area contributed by atoms with Crippen LogP contribution in [0, 0.1) is 17.8 Å². The van der Waals surface area contributed by atoms with E-state index in [1.165, 1.54) is 51.7 Å². The van der Waals surface area contributed by atoms with Gasteiger partial charge >= 0.3 is 0 Å². The van der Waals surface area contributed by atoms with Gasteiger partial charge in [-0.2, -0.15) is 0 Å². The van der Waals surface area contributed by atoms with Gasteiger partial charge in [0.15, 0.2) is 0 Å². The van der Waals surface area contributed by atoms with Gasteiger partial charge in [0.25, 0.3) is 0 Å². The Bertz CT molecular complexity index is 262. The summed E-state index contributed by atoms with van der Waals surface area (Å²) >= 11 is 0. The minimum absolute atomic E-state index is 0.677. The first-order chi connectivity index (χ1) is 9.99. The van der Waals surface area contributed by atoms with Crippen LogP contribution < -0.4 is 5.32 Å². The van der Waals surface area contributed by atoms with Crippen molar-refractivity contribution in [1.82, 2.24) is 10.2 Å². The van der Waals surface area contributed by atoms with E-state index in [0.29, 0.717) is 6.04 Å². The zero-order chi connectivity index (χ0) is 15.8. The lowest BCUT2D eigenvalue weighted by Crippen LogP contribution is -2.48. The Morgan fingerprint density at radius 3 is 2.29 bits per heavy atom. The van der Waals surface area contributed by atoms with Crippen molar-refractivity contribution in [3.05, 3.63) is 0 Å². The largest absolute Gasteiger partial charge is 0.314 e. The Morgan fingerprint density at radius 1 is 1.05 bits per heavy atom. The Balaban J connectivity index is 2.67. The fourth-order valence-electron chi connectivity index (χ4n) is 3.85. The molecule has 0 heterocycles. The molecule has 21 heavy (non-hydrogen) atoms. The van der Waals surface area contributed by atoms with E-state index >= 15 is 0 Å². The topological polar surface area (TPSA) is 15.3 Å². The normalized spacial score (nSPS) is 27.0. The monoisotopic (exact) mass is 296 g/mol. The summed E-state index contributed by atoms with van der Waals surface area (Å²) in [6.07, 6.45) is 6.74. The van der Waals surface area contributed by atoms with Crippen LogP contribution in [0.2, 0.25) is 0 Å². The average molecular weight is 297 g/mol. The number of nitrogens with zero attached hydrogens (tertiary/aromatic N) is 1. The van der Waals surface area contributed by atoms with Gasteiger partial charge in [-0.1, -0.05) is 27.7 Å². The minimum atomic E-state index is 0.677. The van der Waals surface area contributed by atoms with Gasteiger partial charge in [0, 0.05) is 18.6 Å². The summed E-state index contributed by atoms with van der Waals surface area (Å²) in [4.78, 5) is 2.70. The van der Waals surface area contributed by atoms with E-state index in [0.717, 1.165) is 23.8 Å². The van der Waals surface area contributed by atoms with Crippen LogP contribution in [0.4, 0.5) is 0 Å². The molecule has 0 amide bonds. The van der Waals surface area contributed by atoms with Crippen molar-refractivity contribution in [2.45, 2.75) is 85.7 Å². The lowest BCUT2D eigenvalue weighted by molar-refractivity contribution is 0.106. The fourth-order valence-corrected chi connectivity index (χ4v) is 3.85. The van der Waals surface area contributed by atoms with Gasteiger partial charge in [-0.05, 0) is 76.8 Å². The molecule has 1 N–H and O–H groups in total. The SMILES string of the molecule is CCCNC1CCC(C(C)C)CC1CN(CCC)C(C)C. The molecule has 0 aromatic heterocycles. The zero-order valence-electron chi connectivity index (χ0n) is 15.5. The quantitative estimate of drug-likeness (QED) is 0.671. The standard InChI is InChI=1S/C19H40N2/c1-7-11-20-19-10-9-17(15(3)4)13-18(19)14-21(12-8-2)16(5)6/h15-20H,7-14H2,1-6H3. The maximum absolute atomic E-state index is 3.84. The lowest BCUT2D eigenvalue weighted by atomic mass is 9.73. The van der Waals surface area contributed by atoms with Crippen LogP contribution in [0.1, 0.15) is 73.6 Å². The Kier molecular flexibility index (Phi) is 8.89. The summed E-state index contributed by atoms with van der Waals surface area (Å²) in [6, 6.07) is 1.43. The number of nitrogens with one attached hydrogen (secondary N) is 1. The van der Waals surface area contributed by atoms with Crippen LogP contribution in [0.5, 0.6) is 0 Å². The molecule has 126 valence electrons. The van der Waals surface area contributed by atoms with Crippen molar-refractivity contribution in [2.24, 2.45) is 17.8 Å². The molecule has 1 rings (SSSR count). The summed E-state index contributed by atoms with van der Waals surface area (Å²) in [5.41, 5.74) is 0. The summed E-state index contributed by atoms with van der Waals surface area (Å²) in [5.74, 6) is 2.62. The predicted molar refractivity (Wildman–Crippen MR) is 94.8 cm³/mol. The maximum atomic E-state index is 3.84. The first-order valence-corrected chi connectivity index (χ1v) is 9.46. The molecule has 3 atom stereocenters. The van der Waals surface area contributed by atoms with Crippen LogP contribution in [0.15, 0.2) is 0 Å². The van der Waals surface area contributed by atoms with Gasteiger partial charge in [-0.3, -0.25) is 0 Å². The Labute approximate surface area is 134 Å². The van der Waals surface area contributed by atoms with E-state index in [-0.39, 0.29) is 0 Å². The molecule has 3 unspecified atom stereocenters. The molecule has 2 heteroatoms. The third-order valence-electron chi connectivity index (χ3n) is 5.33. The molecule has 2 nitrogen and oxygen atoms in total. The Hall–Kier alpha value is -0.0800. The van der Waals surface area contributed by atoms with Gasteiger partial charge in [0.05, 0.1) is 0 Å². The molecule has 0 radical (unpaired) electrons. The number of hydrogen-bond donors (Lipinski definition) is 1. The van der Waals surface area contributed by atoms with Crippen molar-refractivity contribution in [3.8, 4) is 0 Å². The van der Waals surface area contributed by atoms with Crippen molar-refractivity contribution in [2.75, 3.05) is 19.6 Å². The van der Waals surface area contributed by atoms with Crippen molar-refractivity contribution in [3.63, 3.8) is 0 Å². The van der Waals surface area contributed by atoms with E-state index in [9.17, 15) is 0 Å². The molecule has 0 saturated heterocycles. The van der Waals surface area contributed by atoms with E-state index < -0.39 is 0 Å². The van der Waals surface area contributed by atoms with Gasteiger partial charge in [-0.15, -0.1) is 0 Å². The highest BCUT2D eigenvalue weighted by atomic mass is 15.1. The van der Waals surface area contributed by atoms with Crippen LogP contribution in [-0.4, -0.2) is 36.6 Å². The molecule has 0 aromatic carbocycles. The lowest BCUT2D eigenvalue weighted by Gasteiger charge is -2.41. The van der Waals surface area contributed by atoms with Crippen LogP contribution >= 0.6 is 0 Å². The van der Waals surface area contributed by atoms with Gasteiger partial charge in [0.1, 0.15) is 0 Å². The molecule has 0 aromatic rings. The van der Waals surface area contributed by atoms with E-state index in [2.05, 4.69) is 51.8 Å². The van der Waals surface area contributed by atoms with Crippen molar-refractivity contribution < 1.29 is 0 Å². The summed E-state index contributed by atoms with van der Waals surface area (Å²) in [7, 11) is 0. The molecule has 1 aliphatic rings. The number of hydrogen-bond acceptors (Lipinski definition) is 2. The highest BCUT2D eigenvalue weighted by Gasteiger charge is 2.32. The van der Waals surface area contributed by atoms with E-state index in [1.54, 1.807) is 0 Å². The summed E-state index contributed by atoms with van der Waals surface area (Å²) < 4.78 is 0. The molecule has 1 aliphatic carbocycles. The highest BCUT2D eigenvalue weighted by molar-refractivity contribution is 4.88. The van der Waals surface area contributed by atoms with Gasteiger partial charge < -0.3 is 10.2 Å². The summed E-state index contributed by atoms with van der Waals surface area (Å²) in [5, 5.41) is 3.84. The average Bonchev–Trinajstić information content (AvgIpc) is 2.45. The Morgan fingerprint density at radius 2 is 1.76 bits per heavy atom. The third kappa shape index (κ3) is 6.28. The van der Waals surface area contributed by atoms with Crippen molar-refractivity contribution in [1.29, 1.82) is 0 Å². The van der Waals surface area contributed by atoms with Crippen LogP contribution in [0.25, 0.3) is 0 Å². The first-order valence-electron chi connectivity index (χ1n) is 9.46. The molecular weight excluding hydrogens is 256 g/mol. The molecule has 1 saturated carbocycles. The molecule has 1 fully saturated rings. The minimum Gasteiger partial charge on any atom is -0.314 e. The second-order valence-corrected chi connectivity index (χ2v) is 7.73. The molecule has 0 aliphatic heterocycles. The maximum Gasteiger partial charge on any atom is 0.0108 e. The molecule has 0 spiro atoms. The second kappa shape index (κ2) is 9.84. The van der Waals surface area contributed by atoms with Gasteiger partial charge in [0.2, 0.25) is 0 Å². The number of rotatable bonds is 9. The third-order valence-corrected chi connectivity index (χ3v) is 5.33. The van der Waals surface area contributed by atoms with Gasteiger partial charge in [-0.25, -0.2) is 0 Å². The fraction of sp³-hybridized carbons (Fsp3) is 1.00. The second-order valence-electron chi connectivity index (χ2n) is 7.73. The van der Waals surface area contributed by atoms with Crippen LogP contribution in [-0.2, 0) is 0 Å².